The number of benzene rings is 2. The first-order chi connectivity index (χ1) is 11.0. The summed E-state index contributed by atoms with van der Waals surface area (Å²) in [6.07, 6.45) is 0. The molecule has 1 fully saturated rings. The summed E-state index contributed by atoms with van der Waals surface area (Å²) in [5.74, 6) is -0.00399. The van der Waals surface area contributed by atoms with Gasteiger partial charge in [-0.05, 0) is 30.2 Å². The zero-order chi connectivity index (χ0) is 16.4. The van der Waals surface area contributed by atoms with Gasteiger partial charge in [-0.25, -0.2) is 13.4 Å². The smallest absolute Gasteiger partial charge is 0.257 e. The van der Waals surface area contributed by atoms with Gasteiger partial charge in [0.25, 0.3) is 10.0 Å². The molecule has 0 aliphatic carbocycles. The number of thioether (sulfide) groups is 1. The van der Waals surface area contributed by atoms with Crippen LogP contribution in [0.4, 0.5) is 0 Å². The number of carbonyl (C=O) groups excluding carboxylic acids is 1. The van der Waals surface area contributed by atoms with Crippen LogP contribution in [0.1, 0.15) is 16.5 Å². The molecule has 1 atom stereocenters. The van der Waals surface area contributed by atoms with E-state index < -0.39 is 10.0 Å². The molecule has 0 bridgehead atoms. The van der Waals surface area contributed by atoms with Crippen molar-refractivity contribution in [2.24, 2.45) is 0 Å². The van der Waals surface area contributed by atoms with E-state index in [1.807, 2.05) is 43.3 Å². The zero-order valence-corrected chi connectivity index (χ0v) is 14.1. The van der Waals surface area contributed by atoms with Crippen LogP contribution in [-0.2, 0) is 14.8 Å². The Morgan fingerprint density at radius 1 is 1.13 bits per heavy atom. The van der Waals surface area contributed by atoms with Gasteiger partial charge in [0.2, 0.25) is 5.91 Å². The highest BCUT2D eigenvalue weighted by Gasteiger charge is 2.36. The molecule has 3 rings (SSSR count). The molecule has 0 saturated carbocycles. The largest absolute Gasteiger partial charge is 0.272 e. The van der Waals surface area contributed by atoms with E-state index >= 15 is 0 Å². The highest BCUT2D eigenvalue weighted by molar-refractivity contribution is 8.00. The maximum absolute atomic E-state index is 12.5. The molecule has 2 aromatic rings. The van der Waals surface area contributed by atoms with Crippen molar-refractivity contribution < 1.29 is 13.2 Å². The summed E-state index contributed by atoms with van der Waals surface area (Å²) in [6, 6.07) is 16.0. The Balaban J connectivity index is 1.89. The number of aryl methyl sites for hydroxylation is 1. The van der Waals surface area contributed by atoms with Crippen LogP contribution in [0.15, 0.2) is 59.5 Å². The van der Waals surface area contributed by atoms with Gasteiger partial charge in [-0.2, -0.15) is 0 Å². The second kappa shape index (κ2) is 6.35. The summed E-state index contributed by atoms with van der Waals surface area (Å²) in [5, 5.41) is 0.848. The fourth-order valence-corrected chi connectivity index (χ4v) is 4.70. The summed E-state index contributed by atoms with van der Waals surface area (Å²) in [7, 11) is -3.80. The van der Waals surface area contributed by atoms with E-state index in [0.29, 0.717) is 0 Å². The van der Waals surface area contributed by atoms with Crippen LogP contribution in [0.3, 0.4) is 0 Å². The standard InChI is InChI=1S/C16H16N2O3S2/c1-12-6-5-9-14(10-12)23(20,21)17-18-15(19)11-22-16(18)13-7-3-2-4-8-13/h2-10,16-17H,11H2,1H3/t16-/m0/s1. The van der Waals surface area contributed by atoms with Crippen LogP contribution in [0.25, 0.3) is 0 Å². The third kappa shape index (κ3) is 3.41. The van der Waals surface area contributed by atoms with Gasteiger partial charge in [0, 0.05) is 0 Å². The number of amides is 1. The Hall–Kier alpha value is -1.83. The molecule has 1 amide bonds. The molecule has 7 heteroatoms. The second-order valence-corrected chi connectivity index (χ2v) is 7.98. The summed E-state index contributed by atoms with van der Waals surface area (Å²) in [5.41, 5.74) is 1.73. The van der Waals surface area contributed by atoms with Crippen LogP contribution < -0.4 is 4.83 Å². The van der Waals surface area contributed by atoms with Gasteiger partial charge in [-0.15, -0.1) is 16.6 Å². The molecule has 120 valence electrons. The molecule has 1 N–H and O–H groups in total. The zero-order valence-electron chi connectivity index (χ0n) is 12.5. The Morgan fingerprint density at radius 2 is 1.87 bits per heavy atom. The lowest BCUT2D eigenvalue weighted by atomic mass is 10.2. The normalized spacial score (nSPS) is 18.4. The van der Waals surface area contributed by atoms with E-state index in [9.17, 15) is 13.2 Å². The summed E-state index contributed by atoms with van der Waals surface area (Å²) >= 11 is 1.40. The molecule has 23 heavy (non-hydrogen) atoms. The first kappa shape index (κ1) is 16.0. The maximum atomic E-state index is 12.5. The van der Waals surface area contributed by atoms with Gasteiger partial charge in [0.15, 0.2) is 0 Å². The quantitative estimate of drug-likeness (QED) is 0.922. The Kier molecular flexibility index (Phi) is 4.43. The molecule has 1 aliphatic rings. The molecule has 0 unspecified atom stereocenters. The molecule has 2 aromatic carbocycles. The first-order valence-electron chi connectivity index (χ1n) is 7.05. The van der Waals surface area contributed by atoms with E-state index in [4.69, 9.17) is 0 Å². The molecule has 0 aromatic heterocycles. The Labute approximate surface area is 139 Å². The number of nitrogens with zero attached hydrogens (tertiary/aromatic N) is 1. The van der Waals surface area contributed by atoms with Crippen molar-refractivity contribution in [2.75, 3.05) is 5.75 Å². The van der Waals surface area contributed by atoms with Gasteiger partial charge >= 0.3 is 0 Å². The molecular formula is C16H16N2O3S2. The van der Waals surface area contributed by atoms with E-state index in [0.717, 1.165) is 11.1 Å². The van der Waals surface area contributed by atoms with Crippen molar-refractivity contribution in [2.45, 2.75) is 17.2 Å². The fourth-order valence-electron chi connectivity index (χ4n) is 2.35. The van der Waals surface area contributed by atoms with Crippen molar-refractivity contribution in [1.82, 2.24) is 9.84 Å². The van der Waals surface area contributed by atoms with E-state index in [2.05, 4.69) is 4.83 Å². The van der Waals surface area contributed by atoms with Crippen LogP contribution in [0.5, 0.6) is 0 Å². The molecule has 1 aliphatic heterocycles. The minimum atomic E-state index is -3.80. The van der Waals surface area contributed by atoms with Gasteiger partial charge in [0.05, 0.1) is 10.6 Å². The van der Waals surface area contributed by atoms with Crippen LogP contribution >= 0.6 is 11.8 Å². The van der Waals surface area contributed by atoms with Crippen molar-refractivity contribution in [3.8, 4) is 0 Å². The molecule has 1 saturated heterocycles. The number of sulfonamides is 1. The lowest BCUT2D eigenvalue weighted by molar-refractivity contribution is -0.129. The highest BCUT2D eigenvalue weighted by atomic mass is 32.2. The van der Waals surface area contributed by atoms with Crippen LogP contribution in [0.2, 0.25) is 0 Å². The number of carbonyl (C=O) groups is 1. The van der Waals surface area contributed by atoms with Crippen molar-refractivity contribution in [3.63, 3.8) is 0 Å². The van der Waals surface area contributed by atoms with Crippen molar-refractivity contribution >= 4 is 27.7 Å². The average molecular weight is 348 g/mol. The van der Waals surface area contributed by atoms with E-state index in [1.54, 1.807) is 12.1 Å². The third-order valence-corrected chi connectivity index (χ3v) is 5.99. The number of hydrazine groups is 1. The first-order valence-corrected chi connectivity index (χ1v) is 9.58. The predicted octanol–water partition coefficient (Wildman–Crippen LogP) is 2.46. The maximum Gasteiger partial charge on any atom is 0.257 e. The van der Waals surface area contributed by atoms with E-state index in [-0.39, 0.29) is 21.9 Å². The highest BCUT2D eigenvalue weighted by Crippen LogP contribution is 2.37. The molecule has 0 spiro atoms. The topological polar surface area (TPSA) is 66.5 Å². The molecular weight excluding hydrogens is 332 g/mol. The van der Waals surface area contributed by atoms with Crippen molar-refractivity contribution in [1.29, 1.82) is 0 Å². The average Bonchev–Trinajstić information content (AvgIpc) is 2.89. The monoisotopic (exact) mass is 348 g/mol. The van der Waals surface area contributed by atoms with Crippen LogP contribution in [0, 0.1) is 6.92 Å². The molecule has 5 nitrogen and oxygen atoms in total. The molecule has 1 heterocycles. The van der Waals surface area contributed by atoms with Gasteiger partial charge in [-0.1, -0.05) is 42.5 Å². The number of hydrogen-bond donors (Lipinski definition) is 1. The minimum absolute atomic E-state index is 0.147. The Morgan fingerprint density at radius 3 is 2.57 bits per heavy atom. The SMILES string of the molecule is Cc1cccc(S(=O)(=O)NN2C(=O)CS[C@H]2c2ccccc2)c1. The van der Waals surface area contributed by atoms with Gasteiger partial charge in [-0.3, -0.25) is 4.79 Å². The fraction of sp³-hybridized carbons (Fsp3) is 0.188. The summed E-state index contributed by atoms with van der Waals surface area (Å²) in [4.78, 5) is 14.7. The number of nitrogens with one attached hydrogen (secondary N) is 1. The summed E-state index contributed by atoms with van der Waals surface area (Å²) in [6.45, 7) is 1.82. The van der Waals surface area contributed by atoms with Gasteiger partial charge < -0.3 is 0 Å². The third-order valence-electron chi connectivity index (χ3n) is 3.47. The summed E-state index contributed by atoms with van der Waals surface area (Å²) < 4.78 is 25.1. The lowest BCUT2D eigenvalue weighted by Crippen LogP contribution is -2.44. The second-order valence-electron chi connectivity index (χ2n) is 5.25. The number of rotatable bonds is 4. The number of hydrogen-bond acceptors (Lipinski definition) is 4. The van der Waals surface area contributed by atoms with Crippen molar-refractivity contribution in [3.05, 3.63) is 65.7 Å². The van der Waals surface area contributed by atoms with Gasteiger partial charge in [0.1, 0.15) is 5.37 Å². The predicted molar refractivity (Wildman–Crippen MR) is 90.0 cm³/mol. The Bertz CT molecular complexity index is 822. The minimum Gasteiger partial charge on any atom is -0.272 e. The lowest BCUT2D eigenvalue weighted by Gasteiger charge is -2.24. The van der Waals surface area contributed by atoms with E-state index in [1.165, 1.54) is 22.8 Å². The van der Waals surface area contributed by atoms with Crippen LogP contribution in [-0.4, -0.2) is 25.1 Å². The molecule has 0 radical (unpaired) electrons.